The van der Waals surface area contributed by atoms with Crippen molar-refractivity contribution in [3.8, 4) is 0 Å². The molecule has 5 heteroatoms. The first-order valence-electron chi connectivity index (χ1n) is 9.79. The van der Waals surface area contributed by atoms with E-state index in [2.05, 4.69) is 12.2 Å². The molecule has 0 saturated carbocycles. The van der Waals surface area contributed by atoms with Crippen LogP contribution in [0.1, 0.15) is 52.5 Å². The van der Waals surface area contributed by atoms with Crippen molar-refractivity contribution < 1.29 is 14.3 Å². The van der Waals surface area contributed by atoms with E-state index in [-0.39, 0.29) is 5.91 Å². The zero-order chi connectivity index (χ0) is 20.4. The maximum Gasteiger partial charge on any atom is 0.421 e. The Balaban J connectivity index is 2.09. The Hall–Kier alpha value is -2.82. The molecule has 0 aromatic heterocycles. The summed E-state index contributed by atoms with van der Waals surface area (Å²) in [4.78, 5) is 27.8. The number of nitrogens with one attached hydrogen (secondary N) is 1. The monoisotopic (exact) mass is 380 g/mol. The van der Waals surface area contributed by atoms with E-state index in [9.17, 15) is 9.59 Å². The van der Waals surface area contributed by atoms with Crippen LogP contribution in [0, 0.1) is 0 Å². The zero-order valence-electron chi connectivity index (χ0n) is 17.0. The highest BCUT2D eigenvalue weighted by atomic mass is 16.6. The third-order valence-corrected chi connectivity index (χ3v) is 4.79. The lowest BCUT2D eigenvalue weighted by atomic mass is 9.85. The van der Waals surface area contributed by atoms with Crippen LogP contribution in [0.2, 0.25) is 0 Å². The number of amides is 2. The van der Waals surface area contributed by atoms with Gasteiger partial charge >= 0.3 is 6.09 Å². The number of hydrogen-bond donors (Lipinski definition) is 1. The first-order valence-corrected chi connectivity index (χ1v) is 9.79. The van der Waals surface area contributed by atoms with E-state index >= 15 is 0 Å². The van der Waals surface area contributed by atoms with Crippen LogP contribution < -0.4 is 10.2 Å². The summed E-state index contributed by atoms with van der Waals surface area (Å²) in [6.07, 6.45) is 1.74. The molecule has 5 nitrogen and oxygen atoms in total. The van der Waals surface area contributed by atoms with Crippen LogP contribution in [-0.4, -0.2) is 17.6 Å². The molecule has 0 unspecified atom stereocenters. The quantitative estimate of drug-likeness (QED) is 0.748. The SMILES string of the molecule is CCCC[C@]1(Nc2ccccc2)C(=O)N(C(=O)OC(C)(C)C)c2ccccc21. The van der Waals surface area contributed by atoms with Crippen molar-refractivity contribution in [1.29, 1.82) is 0 Å². The summed E-state index contributed by atoms with van der Waals surface area (Å²) in [7, 11) is 0. The number of hydrogen-bond acceptors (Lipinski definition) is 4. The number of anilines is 2. The average molecular weight is 380 g/mol. The van der Waals surface area contributed by atoms with Crippen LogP contribution in [0.5, 0.6) is 0 Å². The lowest BCUT2D eigenvalue weighted by molar-refractivity contribution is -0.122. The molecule has 0 spiro atoms. The summed E-state index contributed by atoms with van der Waals surface area (Å²) in [6, 6.07) is 17.1. The molecule has 1 N–H and O–H groups in total. The second-order valence-electron chi connectivity index (χ2n) is 8.14. The van der Waals surface area contributed by atoms with Crippen molar-refractivity contribution >= 4 is 23.4 Å². The van der Waals surface area contributed by atoms with Crippen LogP contribution in [0.4, 0.5) is 16.2 Å². The summed E-state index contributed by atoms with van der Waals surface area (Å²) in [5, 5.41) is 3.44. The molecule has 0 aliphatic carbocycles. The molecule has 0 radical (unpaired) electrons. The van der Waals surface area contributed by atoms with Gasteiger partial charge in [0.15, 0.2) is 0 Å². The lowest BCUT2D eigenvalue weighted by Gasteiger charge is -2.31. The molecular weight excluding hydrogens is 352 g/mol. The molecular formula is C23H28N2O3. The molecule has 0 bridgehead atoms. The summed E-state index contributed by atoms with van der Waals surface area (Å²) in [5.74, 6) is -0.291. The normalized spacial score (nSPS) is 18.7. The summed E-state index contributed by atoms with van der Waals surface area (Å²) < 4.78 is 5.54. The second kappa shape index (κ2) is 7.66. The molecule has 28 heavy (non-hydrogen) atoms. The van der Waals surface area contributed by atoms with Crippen LogP contribution in [0.15, 0.2) is 54.6 Å². The smallest absolute Gasteiger partial charge is 0.421 e. The maximum absolute atomic E-state index is 13.7. The third kappa shape index (κ3) is 3.75. The number of unbranched alkanes of at least 4 members (excludes halogenated alkanes) is 1. The minimum Gasteiger partial charge on any atom is -0.443 e. The molecule has 2 aromatic carbocycles. The fraction of sp³-hybridized carbons (Fsp3) is 0.391. The number of nitrogens with zero attached hydrogens (tertiary/aromatic N) is 1. The first-order chi connectivity index (χ1) is 13.3. The predicted molar refractivity (Wildman–Crippen MR) is 111 cm³/mol. The van der Waals surface area contributed by atoms with E-state index in [1.165, 1.54) is 4.90 Å². The van der Waals surface area contributed by atoms with Crippen molar-refractivity contribution in [1.82, 2.24) is 0 Å². The van der Waals surface area contributed by atoms with Gasteiger partial charge in [0.05, 0.1) is 5.69 Å². The molecule has 1 aliphatic rings. The molecule has 2 aromatic rings. The Labute approximate surface area is 166 Å². The van der Waals surface area contributed by atoms with Gasteiger partial charge in [-0.25, -0.2) is 9.69 Å². The van der Waals surface area contributed by atoms with Gasteiger partial charge in [0.2, 0.25) is 0 Å². The second-order valence-corrected chi connectivity index (χ2v) is 8.14. The Bertz CT molecular complexity index is 858. The Morgan fingerprint density at radius 3 is 2.36 bits per heavy atom. The molecule has 148 valence electrons. The van der Waals surface area contributed by atoms with Crippen LogP contribution >= 0.6 is 0 Å². The van der Waals surface area contributed by atoms with E-state index in [1.807, 2.05) is 48.5 Å². The number of rotatable bonds is 5. The summed E-state index contributed by atoms with van der Waals surface area (Å²) in [5.41, 5.74) is 0.552. The largest absolute Gasteiger partial charge is 0.443 e. The number of benzene rings is 2. The Morgan fingerprint density at radius 1 is 1.07 bits per heavy atom. The van der Waals surface area contributed by atoms with E-state index in [0.717, 1.165) is 24.1 Å². The number of carbonyl (C=O) groups excluding carboxylic acids is 2. The third-order valence-electron chi connectivity index (χ3n) is 4.79. The van der Waals surface area contributed by atoms with E-state index < -0.39 is 17.2 Å². The van der Waals surface area contributed by atoms with Crippen molar-refractivity contribution in [2.75, 3.05) is 10.2 Å². The Morgan fingerprint density at radius 2 is 1.71 bits per heavy atom. The number of para-hydroxylation sites is 2. The highest BCUT2D eigenvalue weighted by molar-refractivity contribution is 6.21. The number of fused-ring (bicyclic) bond motifs is 1. The lowest BCUT2D eigenvalue weighted by Crippen LogP contribution is -2.49. The molecule has 2 amide bonds. The van der Waals surface area contributed by atoms with Crippen LogP contribution in [0.25, 0.3) is 0 Å². The van der Waals surface area contributed by atoms with Crippen molar-refractivity contribution in [3.63, 3.8) is 0 Å². The van der Waals surface area contributed by atoms with Crippen molar-refractivity contribution in [3.05, 3.63) is 60.2 Å². The maximum atomic E-state index is 13.7. The van der Waals surface area contributed by atoms with E-state index in [4.69, 9.17) is 4.74 Å². The van der Waals surface area contributed by atoms with Gasteiger partial charge in [0.25, 0.3) is 5.91 Å². The van der Waals surface area contributed by atoms with E-state index in [0.29, 0.717) is 12.1 Å². The van der Waals surface area contributed by atoms with Gasteiger partial charge in [-0.1, -0.05) is 56.2 Å². The zero-order valence-corrected chi connectivity index (χ0v) is 17.0. The van der Waals surface area contributed by atoms with Gasteiger partial charge in [-0.2, -0.15) is 0 Å². The minimum absolute atomic E-state index is 0.291. The number of carbonyl (C=O) groups is 2. The topological polar surface area (TPSA) is 58.6 Å². The summed E-state index contributed by atoms with van der Waals surface area (Å²) in [6.45, 7) is 7.48. The molecule has 1 aliphatic heterocycles. The average Bonchev–Trinajstić information content (AvgIpc) is 2.88. The van der Waals surface area contributed by atoms with Crippen molar-refractivity contribution in [2.45, 2.75) is 58.1 Å². The molecule has 0 fully saturated rings. The molecule has 1 heterocycles. The van der Waals surface area contributed by atoms with Gasteiger partial charge in [-0.15, -0.1) is 0 Å². The standard InChI is InChI=1S/C23H28N2O3/c1-5-6-16-23(24-17-12-8-7-9-13-17)18-14-10-11-15-19(18)25(20(23)26)21(27)28-22(2,3)4/h7-15,24H,5-6,16H2,1-4H3/t23-/m1/s1. The van der Waals surface area contributed by atoms with Gasteiger partial charge in [-0.3, -0.25) is 4.79 Å². The van der Waals surface area contributed by atoms with Gasteiger partial charge in [0.1, 0.15) is 11.1 Å². The van der Waals surface area contributed by atoms with Gasteiger partial charge in [-0.05, 0) is 45.4 Å². The Kier molecular flexibility index (Phi) is 5.45. The highest BCUT2D eigenvalue weighted by Crippen LogP contribution is 2.45. The van der Waals surface area contributed by atoms with E-state index in [1.54, 1.807) is 26.8 Å². The number of imide groups is 1. The summed E-state index contributed by atoms with van der Waals surface area (Å²) >= 11 is 0. The fourth-order valence-corrected chi connectivity index (χ4v) is 3.57. The number of ether oxygens (including phenoxy) is 1. The first kappa shape index (κ1) is 19.9. The van der Waals surface area contributed by atoms with Crippen LogP contribution in [-0.2, 0) is 15.1 Å². The van der Waals surface area contributed by atoms with Gasteiger partial charge in [0, 0.05) is 11.3 Å². The highest BCUT2D eigenvalue weighted by Gasteiger charge is 2.53. The fourth-order valence-electron chi connectivity index (χ4n) is 3.57. The van der Waals surface area contributed by atoms with Crippen molar-refractivity contribution in [2.24, 2.45) is 0 Å². The predicted octanol–water partition coefficient (Wildman–Crippen LogP) is 5.47. The minimum atomic E-state index is -0.995. The molecule has 0 saturated heterocycles. The molecule has 3 rings (SSSR count). The van der Waals surface area contributed by atoms with Gasteiger partial charge < -0.3 is 10.1 Å². The molecule has 1 atom stereocenters. The van der Waals surface area contributed by atoms with Crippen LogP contribution in [0.3, 0.4) is 0 Å².